The maximum absolute atomic E-state index is 12.5. The summed E-state index contributed by atoms with van der Waals surface area (Å²) in [4.78, 5) is 9.41. The van der Waals surface area contributed by atoms with Crippen LogP contribution in [0.3, 0.4) is 0 Å². The number of non-ortho nitro benzene ring substituents is 1. The third kappa shape index (κ3) is 4.86. The highest BCUT2D eigenvalue weighted by molar-refractivity contribution is 7.89. The Labute approximate surface area is 164 Å². The van der Waals surface area contributed by atoms with Gasteiger partial charge in [-0.15, -0.1) is 0 Å². The van der Waals surface area contributed by atoms with Crippen molar-refractivity contribution in [3.8, 4) is 5.75 Å². The summed E-state index contributed by atoms with van der Waals surface area (Å²) in [6.45, 7) is -0.799. The zero-order valence-corrected chi connectivity index (χ0v) is 15.7. The lowest BCUT2D eigenvalue weighted by atomic mass is 10.0. The minimum atomic E-state index is -4.42. The number of halogens is 2. The van der Waals surface area contributed by atoms with E-state index in [1.807, 2.05) is 0 Å². The molecule has 0 bridgehead atoms. The van der Waals surface area contributed by atoms with E-state index in [9.17, 15) is 33.9 Å². The highest BCUT2D eigenvalue weighted by Crippen LogP contribution is 2.34. The summed E-state index contributed by atoms with van der Waals surface area (Å²) in [5, 5.41) is 40.0. The molecular formula is C15H14Cl2N2O7S. The Kier molecular flexibility index (Phi) is 6.63. The van der Waals surface area contributed by atoms with Crippen molar-refractivity contribution >= 4 is 38.9 Å². The Morgan fingerprint density at radius 1 is 1.19 bits per heavy atom. The van der Waals surface area contributed by atoms with E-state index in [0.29, 0.717) is 0 Å². The molecule has 0 aromatic heterocycles. The number of nitro benzene ring substituents is 1. The van der Waals surface area contributed by atoms with Gasteiger partial charge in [0.05, 0.1) is 28.7 Å². The summed E-state index contributed by atoms with van der Waals surface area (Å²) >= 11 is 11.5. The van der Waals surface area contributed by atoms with E-state index in [1.54, 1.807) is 0 Å². The Morgan fingerprint density at radius 2 is 1.78 bits per heavy atom. The molecule has 146 valence electrons. The van der Waals surface area contributed by atoms with E-state index in [2.05, 4.69) is 4.72 Å². The van der Waals surface area contributed by atoms with Gasteiger partial charge in [0.25, 0.3) is 5.69 Å². The van der Waals surface area contributed by atoms with E-state index in [0.717, 1.165) is 24.3 Å². The van der Waals surface area contributed by atoms with Gasteiger partial charge in [0, 0.05) is 17.2 Å². The largest absolute Gasteiger partial charge is 0.505 e. The minimum absolute atomic E-state index is 0.0466. The van der Waals surface area contributed by atoms with E-state index >= 15 is 0 Å². The molecule has 0 aliphatic rings. The van der Waals surface area contributed by atoms with Crippen molar-refractivity contribution < 1.29 is 28.7 Å². The first kappa shape index (κ1) is 21.4. The zero-order valence-electron chi connectivity index (χ0n) is 13.4. The lowest BCUT2D eigenvalue weighted by molar-refractivity contribution is -0.384. The van der Waals surface area contributed by atoms with Crippen molar-refractivity contribution in [2.24, 2.45) is 0 Å². The SMILES string of the molecule is O=[N+]([O-])c1ccc([C@H](O)[C@H](CO)NS(=O)(=O)c2cc(Cl)cc(Cl)c2O)cc1. The Bertz CT molecular complexity index is 951. The molecule has 0 heterocycles. The quantitative estimate of drug-likeness (QED) is 0.382. The van der Waals surface area contributed by atoms with Crippen LogP contribution in [0.25, 0.3) is 0 Å². The highest BCUT2D eigenvalue weighted by atomic mass is 35.5. The fourth-order valence-corrected chi connectivity index (χ4v) is 4.23. The summed E-state index contributed by atoms with van der Waals surface area (Å²) in [6, 6.07) is 5.41. The number of benzene rings is 2. The smallest absolute Gasteiger partial charge is 0.269 e. The van der Waals surface area contributed by atoms with Gasteiger partial charge in [-0.1, -0.05) is 23.2 Å². The van der Waals surface area contributed by atoms with Crippen LogP contribution in [0.15, 0.2) is 41.3 Å². The molecule has 0 saturated heterocycles. The van der Waals surface area contributed by atoms with E-state index in [4.69, 9.17) is 23.2 Å². The lowest BCUT2D eigenvalue weighted by Gasteiger charge is -2.23. The van der Waals surface area contributed by atoms with Crippen LogP contribution >= 0.6 is 23.2 Å². The maximum Gasteiger partial charge on any atom is 0.269 e. The van der Waals surface area contributed by atoms with Crippen molar-refractivity contribution in [2.45, 2.75) is 17.0 Å². The number of nitrogens with one attached hydrogen (secondary N) is 1. The Hall–Kier alpha value is -1.95. The fraction of sp³-hybridized carbons (Fsp3) is 0.200. The van der Waals surface area contributed by atoms with Gasteiger partial charge in [0.15, 0.2) is 5.75 Å². The summed E-state index contributed by atoms with van der Waals surface area (Å²) in [5.41, 5.74) is -0.0822. The number of aliphatic hydroxyl groups is 2. The van der Waals surface area contributed by atoms with Crippen LogP contribution in [-0.4, -0.2) is 41.3 Å². The van der Waals surface area contributed by atoms with Crippen LogP contribution in [0.1, 0.15) is 11.7 Å². The Morgan fingerprint density at radius 3 is 2.30 bits per heavy atom. The van der Waals surface area contributed by atoms with Crippen LogP contribution in [0.5, 0.6) is 5.75 Å². The molecule has 12 heteroatoms. The van der Waals surface area contributed by atoms with Gasteiger partial charge in [0.1, 0.15) is 4.90 Å². The first-order chi connectivity index (χ1) is 12.6. The van der Waals surface area contributed by atoms with Crippen molar-refractivity contribution in [2.75, 3.05) is 6.61 Å². The highest BCUT2D eigenvalue weighted by Gasteiger charge is 2.29. The molecule has 0 saturated carbocycles. The van der Waals surface area contributed by atoms with Gasteiger partial charge in [-0.05, 0) is 29.8 Å². The van der Waals surface area contributed by atoms with Crippen molar-refractivity contribution in [3.63, 3.8) is 0 Å². The number of phenols is 1. The summed E-state index contributed by atoms with van der Waals surface area (Å²) in [5.74, 6) is -0.741. The van der Waals surface area contributed by atoms with E-state index in [1.165, 1.54) is 12.1 Å². The van der Waals surface area contributed by atoms with Gasteiger partial charge in [0.2, 0.25) is 10.0 Å². The zero-order chi connectivity index (χ0) is 20.4. The lowest BCUT2D eigenvalue weighted by Crippen LogP contribution is -2.41. The predicted octanol–water partition coefficient (Wildman–Crippen LogP) is 1.98. The minimum Gasteiger partial charge on any atom is -0.505 e. The summed E-state index contributed by atoms with van der Waals surface area (Å²) in [6.07, 6.45) is -1.53. The normalized spacial score (nSPS) is 13.9. The first-order valence-electron chi connectivity index (χ1n) is 7.30. The molecule has 0 unspecified atom stereocenters. The number of nitrogens with zero attached hydrogens (tertiary/aromatic N) is 1. The molecule has 0 aliphatic carbocycles. The molecule has 4 N–H and O–H groups in total. The van der Waals surface area contributed by atoms with Crippen LogP contribution in [0.4, 0.5) is 5.69 Å². The monoisotopic (exact) mass is 436 g/mol. The second-order valence-corrected chi connectivity index (χ2v) is 7.96. The molecule has 9 nitrogen and oxygen atoms in total. The number of hydrogen-bond acceptors (Lipinski definition) is 7. The fourth-order valence-electron chi connectivity index (χ4n) is 2.24. The van der Waals surface area contributed by atoms with Gasteiger partial charge in [-0.25, -0.2) is 13.1 Å². The molecule has 0 amide bonds. The van der Waals surface area contributed by atoms with Crippen molar-refractivity contribution in [1.29, 1.82) is 0 Å². The number of hydrogen-bond donors (Lipinski definition) is 4. The number of phenolic OH excluding ortho intramolecular Hbond substituents is 1. The molecule has 0 aliphatic heterocycles. The standard InChI is InChI=1S/C15H14Cl2N2O7S/c16-9-5-11(17)15(22)13(6-9)27(25,26)18-12(7-20)14(21)8-1-3-10(4-2-8)19(23)24/h1-6,12,14,18,20-22H,7H2/t12-,14-/m0/s1. The molecule has 0 spiro atoms. The molecule has 27 heavy (non-hydrogen) atoms. The van der Waals surface area contributed by atoms with E-state index in [-0.39, 0.29) is 21.3 Å². The first-order valence-corrected chi connectivity index (χ1v) is 9.54. The van der Waals surface area contributed by atoms with Gasteiger partial charge >= 0.3 is 0 Å². The molecule has 2 rings (SSSR count). The molecular weight excluding hydrogens is 423 g/mol. The van der Waals surface area contributed by atoms with Gasteiger partial charge in [-0.3, -0.25) is 10.1 Å². The van der Waals surface area contributed by atoms with Gasteiger partial charge < -0.3 is 15.3 Å². The summed E-state index contributed by atoms with van der Waals surface area (Å²) < 4.78 is 27.1. The molecule has 0 fully saturated rings. The predicted molar refractivity (Wildman–Crippen MR) is 97.4 cm³/mol. The molecule has 2 atom stereocenters. The van der Waals surface area contributed by atoms with Crippen molar-refractivity contribution in [1.82, 2.24) is 4.72 Å². The average molecular weight is 437 g/mol. The average Bonchev–Trinajstić information content (AvgIpc) is 2.62. The van der Waals surface area contributed by atoms with Gasteiger partial charge in [-0.2, -0.15) is 0 Å². The molecule has 2 aromatic rings. The van der Waals surface area contributed by atoms with Crippen molar-refractivity contribution in [3.05, 3.63) is 62.1 Å². The second-order valence-electron chi connectivity index (χ2n) is 5.44. The number of nitro groups is 1. The molecule has 2 aromatic carbocycles. The number of sulfonamides is 1. The third-order valence-electron chi connectivity index (χ3n) is 3.61. The Balaban J connectivity index is 2.31. The van der Waals surface area contributed by atoms with Crippen LogP contribution < -0.4 is 4.72 Å². The van der Waals surface area contributed by atoms with E-state index < -0.39 is 44.3 Å². The number of aliphatic hydroxyl groups excluding tert-OH is 2. The number of rotatable bonds is 7. The maximum atomic E-state index is 12.5. The van der Waals surface area contributed by atoms with Crippen LogP contribution in [0.2, 0.25) is 10.0 Å². The number of aromatic hydroxyl groups is 1. The summed E-state index contributed by atoms with van der Waals surface area (Å²) in [7, 11) is -4.42. The van der Waals surface area contributed by atoms with Crippen LogP contribution in [-0.2, 0) is 10.0 Å². The second kappa shape index (κ2) is 8.38. The van der Waals surface area contributed by atoms with Crippen LogP contribution in [0, 0.1) is 10.1 Å². The topological polar surface area (TPSA) is 150 Å². The third-order valence-corrected chi connectivity index (χ3v) is 5.62. The molecule has 0 radical (unpaired) electrons.